The minimum absolute atomic E-state index is 0.579. The van der Waals surface area contributed by atoms with Crippen LogP contribution in [0, 0.1) is 0 Å². The lowest BCUT2D eigenvalue weighted by molar-refractivity contribution is 0.0432. The summed E-state index contributed by atoms with van der Waals surface area (Å²) in [6, 6.07) is 7.16. The molecule has 0 bridgehead atoms. The third-order valence-electron chi connectivity index (χ3n) is 4.13. The van der Waals surface area contributed by atoms with Crippen molar-refractivity contribution < 1.29 is 9.47 Å². The molecule has 1 heterocycles. The van der Waals surface area contributed by atoms with E-state index in [0.717, 1.165) is 23.6 Å². The molecule has 1 aliphatic heterocycles. The first kappa shape index (κ1) is 15.1. The van der Waals surface area contributed by atoms with Crippen molar-refractivity contribution in [3.8, 4) is 11.5 Å². The first-order chi connectivity index (χ1) is 9.67. The zero-order valence-corrected chi connectivity index (χ0v) is 13.0. The molecule has 2 unspecified atom stereocenters. The number of hydrogen-bond donors (Lipinski definition) is 1. The van der Waals surface area contributed by atoms with Crippen molar-refractivity contribution in [1.82, 2.24) is 10.4 Å². The first-order valence-electron chi connectivity index (χ1n) is 7.39. The lowest BCUT2D eigenvalue weighted by Crippen LogP contribution is -2.51. The number of piperidine rings is 1. The van der Waals surface area contributed by atoms with Gasteiger partial charge in [0.05, 0.1) is 14.2 Å². The molecule has 1 aromatic rings. The van der Waals surface area contributed by atoms with Gasteiger partial charge in [-0.3, -0.25) is 5.43 Å². The van der Waals surface area contributed by atoms with E-state index >= 15 is 0 Å². The molecule has 0 spiro atoms. The molecule has 0 amide bonds. The maximum Gasteiger partial charge on any atom is 0.165 e. The SMILES string of the molecule is COc1cccc(CNN2C(C)CCCC2C)c1OC. The first-order valence-corrected chi connectivity index (χ1v) is 7.39. The van der Waals surface area contributed by atoms with Crippen LogP contribution < -0.4 is 14.9 Å². The Labute approximate surface area is 122 Å². The minimum atomic E-state index is 0.579. The van der Waals surface area contributed by atoms with Crippen LogP contribution in [0.4, 0.5) is 0 Å². The Morgan fingerprint density at radius 2 is 1.85 bits per heavy atom. The second-order valence-corrected chi connectivity index (χ2v) is 5.52. The highest BCUT2D eigenvalue weighted by atomic mass is 16.5. The average Bonchev–Trinajstić information content (AvgIpc) is 2.46. The molecule has 20 heavy (non-hydrogen) atoms. The molecule has 1 fully saturated rings. The fraction of sp³-hybridized carbons (Fsp3) is 0.625. The number of hydrogen-bond acceptors (Lipinski definition) is 4. The van der Waals surface area contributed by atoms with E-state index in [4.69, 9.17) is 9.47 Å². The van der Waals surface area contributed by atoms with Crippen LogP contribution >= 0.6 is 0 Å². The molecule has 4 nitrogen and oxygen atoms in total. The van der Waals surface area contributed by atoms with Crippen molar-refractivity contribution >= 4 is 0 Å². The van der Waals surface area contributed by atoms with Crippen LogP contribution in [0.15, 0.2) is 18.2 Å². The van der Waals surface area contributed by atoms with Crippen molar-refractivity contribution in [2.45, 2.75) is 51.7 Å². The van der Waals surface area contributed by atoms with Gasteiger partial charge in [-0.1, -0.05) is 18.6 Å². The molecule has 1 saturated heterocycles. The lowest BCUT2D eigenvalue weighted by Gasteiger charge is -2.39. The Morgan fingerprint density at radius 1 is 1.15 bits per heavy atom. The largest absolute Gasteiger partial charge is 0.493 e. The maximum absolute atomic E-state index is 5.48. The fourth-order valence-electron chi connectivity index (χ4n) is 3.00. The molecule has 2 atom stereocenters. The van der Waals surface area contributed by atoms with Gasteiger partial charge < -0.3 is 9.47 Å². The zero-order chi connectivity index (χ0) is 14.5. The number of benzene rings is 1. The van der Waals surface area contributed by atoms with Gasteiger partial charge in [-0.2, -0.15) is 0 Å². The Bertz CT molecular complexity index is 426. The number of methoxy groups -OCH3 is 2. The molecule has 0 aromatic heterocycles. The van der Waals surface area contributed by atoms with E-state index in [9.17, 15) is 0 Å². The van der Waals surface area contributed by atoms with E-state index in [0.29, 0.717) is 12.1 Å². The Hall–Kier alpha value is -1.26. The summed E-state index contributed by atoms with van der Waals surface area (Å²) in [5.41, 5.74) is 4.68. The fourth-order valence-corrected chi connectivity index (χ4v) is 3.00. The molecule has 2 rings (SSSR count). The van der Waals surface area contributed by atoms with Crippen molar-refractivity contribution in [1.29, 1.82) is 0 Å². The predicted molar refractivity (Wildman–Crippen MR) is 81.0 cm³/mol. The molecule has 0 saturated carbocycles. The molecule has 1 aliphatic rings. The monoisotopic (exact) mass is 278 g/mol. The molecular weight excluding hydrogens is 252 g/mol. The Kier molecular flexibility index (Phi) is 5.26. The standard InChI is InChI=1S/C16H26N2O2/c1-12-7-5-8-13(2)18(12)17-11-14-9-6-10-15(19-3)16(14)20-4/h6,9-10,12-13,17H,5,7-8,11H2,1-4H3. The molecule has 4 heteroatoms. The number of para-hydroxylation sites is 1. The van der Waals surface area contributed by atoms with Gasteiger partial charge in [0, 0.05) is 24.2 Å². The summed E-state index contributed by atoms with van der Waals surface area (Å²) < 4.78 is 10.8. The van der Waals surface area contributed by atoms with Crippen LogP contribution in [0.5, 0.6) is 11.5 Å². The Balaban J connectivity index is 2.06. The Morgan fingerprint density at radius 3 is 2.45 bits per heavy atom. The number of nitrogens with one attached hydrogen (secondary N) is 1. The molecular formula is C16H26N2O2. The van der Waals surface area contributed by atoms with Crippen LogP contribution in [0.3, 0.4) is 0 Å². The van der Waals surface area contributed by atoms with Crippen LogP contribution in [-0.2, 0) is 6.54 Å². The van der Waals surface area contributed by atoms with Gasteiger partial charge in [0.2, 0.25) is 0 Å². The number of rotatable bonds is 5. The van der Waals surface area contributed by atoms with Crippen molar-refractivity contribution in [3.05, 3.63) is 23.8 Å². The average molecular weight is 278 g/mol. The van der Waals surface area contributed by atoms with Crippen LogP contribution in [0.1, 0.15) is 38.7 Å². The summed E-state index contributed by atoms with van der Waals surface area (Å²) in [5.74, 6) is 1.60. The summed E-state index contributed by atoms with van der Waals surface area (Å²) in [6.45, 7) is 5.33. The number of nitrogens with zero attached hydrogens (tertiary/aromatic N) is 1. The second-order valence-electron chi connectivity index (χ2n) is 5.52. The summed E-state index contributed by atoms with van der Waals surface area (Å²) in [6.07, 6.45) is 3.84. The summed E-state index contributed by atoms with van der Waals surface area (Å²) in [7, 11) is 3.36. The van der Waals surface area contributed by atoms with E-state index in [1.807, 2.05) is 12.1 Å². The second kappa shape index (κ2) is 6.95. The van der Waals surface area contributed by atoms with E-state index in [-0.39, 0.29) is 0 Å². The number of ether oxygens (including phenoxy) is 2. The van der Waals surface area contributed by atoms with Gasteiger partial charge in [-0.25, -0.2) is 5.01 Å². The van der Waals surface area contributed by atoms with Crippen molar-refractivity contribution in [2.75, 3.05) is 14.2 Å². The highest BCUT2D eigenvalue weighted by molar-refractivity contribution is 5.46. The highest BCUT2D eigenvalue weighted by Crippen LogP contribution is 2.31. The zero-order valence-electron chi connectivity index (χ0n) is 13.0. The van der Waals surface area contributed by atoms with Gasteiger partial charge in [0.25, 0.3) is 0 Å². The summed E-state index contributed by atoms with van der Waals surface area (Å²) >= 11 is 0. The quantitative estimate of drug-likeness (QED) is 0.898. The molecule has 112 valence electrons. The van der Waals surface area contributed by atoms with Gasteiger partial charge in [-0.15, -0.1) is 0 Å². The van der Waals surface area contributed by atoms with Gasteiger partial charge >= 0.3 is 0 Å². The van der Waals surface area contributed by atoms with E-state index < -0.39 is 0 Å². The third-order valence-corrected chi connectivity index (χ3v) is 4.13. The van der Waals surface area contributed by atoms with Crippen molar-refractivity contribution in [3.63, 3.8) is 0 Å². The summed E-state index contributed by atoms with van der Waals surface area (Å²) in [5, 5.41) is 2.38. The topological polar surface area (TPSA) is 33.7 Å². The van der Waals surface area contributed by atoms with Gasteiger partial charge in [0.15, 0.2) is 11.5 Å². The van der Waals surface area contributed by atoms with E-state index in [1.165, 1.54) is 19.3 Å². The van der Waals surface area contributed by atoms with Gasteiger partial charge in [0.1, 0.15) is 0 Å². The number of hydrazine groups is 1. The molecule has 1 N–H and O–H groups in total. The molecule has 0 aliphatic carbocycles. The van der Waals surface area contributed by atoms with E-state index in [2.05, 4.69) is 30.3 Å². The highest BCUT2D eigenvalue weighted by Gasteiger charge is 2.24. The van der Waals surface area contributed by atoms with E-state index in [1.54, 1.807) is 14.2 Å². The van der Waals surface area contributed by atoms with Crippen LogP contribution in [0.25, 0.3) is 0 Å². The minimum Gasteiger partial charge on any atom is -0.493 e. The predicted octanol–water partition coefficient (Wildman–Crippen LogP) is 2.97. The lowest BCUT2D eigenvalue weighted by atomic mass is 10.00. The smallest absolute Gasteiger partial charge is 0.165 e. The maximum atomic E-state index is 5.48. The van der Waals surface area contributed by atoms with Crippen LogP contribution in [-0.4, -0.2) is 31.3 Å². The third kappa shape index (κ3) is 3.25. The molecule has 1 aromatic carbocycles. The normalized spacial score (nSPS) is 23.6. The molecule has 0 radical (unpaired) electrons. The van der Waals surface area contributed by atoms with Crippen molar-refractivity contribution in [2.24, 2.45) is 0 Å². The van der Waals surface area contributed by atoms with Gasteiger partial charge in [-0.05, 0) is 32.8 Å². The van der Waals surface area contributed by atoms with Crippen LogP contribution in [0.2, 0.25) is 0 Å². The summed E-state index contributed by atoms with van der Waals surface area (Å²) in [4.78, 5) is 0.